The van der Waals surface area contributed by atoms with Gasteiger partial charge >= 0.3 is 6.03 Å². The van der Waals surface area contributed by atoms with E-state index in [0.29, 0.717) is 23.8 Å². The lowest BCUT2D eigenvalue weighted by Crippen LogP contribution is -2.62. The van der Waals surface area contributed by atoms with Crippen LogP contribution in [0, 0.1) is 23.7 Å². The second kappa shape index (κ2) is 4.38. The monoisotopic (exact) mass is 306 g/mol. The molecule has 2 N–H and O–H groups in total. The molecule has 5 heteroatoms. The van der Waals surface area contributed by atoms with Gasteiger partial charge < -0.3 is 20.0 Å². The first-order chi connectivity index (χ1) is 10.6. The fourth-order valence-electron chi connectivity index (χ4n) is 6.77. The molecule has 4 atom stereocenters. The number of hydrogen-bond donors (Lipinski definition) is 2. The van der Waals surface area contributed by atoms with Crippen LogP contribution in [0.2, 0.25) is 0 Å². The van der Waals surface area contributed by atoms with Crippen LogP contribution in [0.4, 0.5) is 4.79 Å². The van der Waals surface area contributed by atoms with Crippen molar-refractivity contribution in [3.05, 3.63) is 0 Å². The van der Waals surface area contributed by atoms with Crippen molar-refractivity contribution in [3.63, 3.8) is 0 Å². The van der Waals surface area contributed by atoms with Gasteiger partial charge in [-0.1, -0.05) is 0 Å². The Morgan fingerprint density at radius 1 is 1.14 bits per heavy atom. The largest absolute Gasteiger partial charge is 0.396 e. The minimum atomic E-state index is -0.431. The molecule has 2 heterocycles. The van der Waals surface area contributed by atoms with Crippen LogP contribution in [0.1, 0.15) is 38.5 Å². The lowest BCUT2D eigenvalue weighted by atomic mass is 9.52. The van der Waals surface area contributed by atoms with Crippen LogP contribution in [0.5, 0.6) is 0 Å². The number of aliphatic hydroxyl groups is 2. The van der Waals surface area contributed by atoms with Gasteiger partial charge in [-0.15, -0.1) is 0 Å². The summed E-state index contributed by atoms with van der Waals surface area (Å²) in [6.45, 7) is 1.80. The second-order valence-electron chi connectivity index (χ2n) is 8.61. The molecule has 122 valence electrons. The van der Waals surface area contributed by atoms with Gasteiger partial charge in [0.2, 0.25) is 0 Å². The standard InChI is InChI=1S/C17H26N2O3/c20-9-11-1-2-18-14(11)8-19(16(18)21)15-12-3-10-4-13(15)7-17(22,5-10)6-12/h10-15,20,22H,1-9H2/t10?,11-,12?,13?,14-,15?,17?/m0/s1. The first kappa shape index (κ1) is 13.6. The molecular weight excluding hydrogens is 280 g/mol. The highest BCUT2D eigenvalue weighted by Crippen LogP contribution is 2.57. The van der Waals surface area contributed by atoms with Gasteiger partial charge in [0.05, 0.1) is 11.6 Å². The topological polar surface area (TPSA) is 64.0 Å². The van der Waals surface area contributed by atoms with Crippen LogP contribution in [0.3, 0.4) is 0 Å². The highest BCUT2D eigenvalue weighted by molar-refractivity contribution is 5.78. The van der Waals surface area contributed by atoms with E-state index in [-0.39, 0.29) is 24.6 Å². The van der Waals surface area contributed by atoms with Crippen molar-refractivity contribution in [2.75, 3.05) is 19.7 Å². The summed E-state index contributed by atoms with van der Waals surface area (Å²) >= 11 is 0. The van der Waals surface area contributed by atoms with E-state index in [2.05, 4.69) is 4.90 Å². The molecule has 2 amide bonds. The molecule has 6 aliphatic rings. The van der Waals surface area contributed by atoms with Crippen LogP contribution in [0.25, 0.3) is 0 Å². The lowest BCUT2D eigenvalue weighted by molar-refractivity contribution is -0.152. The molecule has 0 radical (unpaired) electrons. The molecule has 22 heavy (non-hydrogen) atoms. The van der Waals surface area contributed by atoms with Gasteiger partial charge in [0.15, 0.2) is 0 Å². The van der Waals surface area contributed by atoms with Gasteiger partial charge in [-0.3, -0.25) is 0 Å². The van der Waals surface area contributed by atoms with E-state index in [1.54, 1.807) is 0 Å². The number of aliphatic hydroxyl groups excluding tert-OH is 1. The number of rotatable bonds is 2. The number of hydrogen-bond acceptors (Lipinski definition) is 3. The van der Waals surface area contributed by atoms with Crippen LogP contribution >= 0.6 is 0 Å². The molecule has 2 saturated heterocycles. The van der Waals surface area contributed by atoms with Crippen LogP contribution in [0.15, 0.2) is 0 Å². The Hall–Kier alpha value is -0.810. The SMILES string of the molecule is O=C1N(C2C3CC4CC2CC(O)(C4)C3)C[C@H]2[C@H](CO)CCN12. The fraction of sp³-hybridized carbons (Fsp3) is 0.941. The van der Waals surface area contributed by atoms with E-state index in [4.69, 9.17) is 0 Å². The fourth-order valence-corrected chi connectivity index (χ4v) is 6.77. The summed E-state index contributed by atoms with van der Waals surface area (Å²) in [4.78, 5) is 17.0. The van der Waals surface area contributed by atoms with Crippen molar-refractivity contribution in [1.82, 2.24) is 9.80 Å². The third-order valence-corrected chi connectivity index (χ3v) is 7.35. The Bertz CT molecular complexity index is 494. The number of urea groups is 1. The highest BCUT2D eigenvalue weighted by atomic mass is 16.3. The van der Waals surface area contributed by atoms with E-state index < -0.39 is 5.60 Å². The summed E-state index contributed by atoms with van der Waals surface area (Å²) in [5.74, 6) is 1.93. The maximum atomic E-state index is 12.9. The van der Waals surface area contributed by atoms with E-state index in [1.165, 1.54) is 12.8 Å². The zero-order chi connectivity index (χ0) is 15.1. The predicted octanol–water partition coefficient (Wildman–Crippen LogP) is 1.04. The Morgan fingerprint density at radius 2 is 1.86 bits per heavy atom. The van der Waals surface area contributed by atoms with Gasteiger partial charge in [0.25, 0.3) is 0 Å². The van der Waals surface area contributed by atoms with Crippen LogP contribution in [-0.2, 0) is 0 Å². The molecule has 0 aromatic heterocycles. The molecule has 5 nitrogen and oxygen atoms in total. The van der Waals surface area contributed by atoms with Gasteiger partial charge in [-0.25, -0.2) is 4.79 Å². The summed E-state index contributed by atoms with van der Waals surface area (Å²) in [5, 5.41) is 20.3. The molecule has 4 saturated carbocycles. The first-order valence-electron chi connectivity index (χ1n) is 8.98. The maximum absolute atomic E-state index is 12.9. The Kier molecular flexibility index (Phi) is 2.71. The maximum Gasteiger partial charge on any atom is 0.320 e. The van der Waals surface area contributed by atoms with E-state index in [9.17, 15) is 15.0 Å². The minimum Gasteiger partial charge on any atom is -0.396 e. The molecule has 6 fully saturated rings. The van der Waals surface area contributed by atoms with Gasteiger partial charge in [-0.2, -0.15) is 0 Å². The number of carbonyl (C=O) groups is 1. The zero-order valence-electron chi connectivity index (χ0n) is 13.0. The van der Waals surface area contributed by atoms with Crippen molar-refractivity contribution >= 4 is 6.03 Å². The Balaban J connectivity index is 1.41. The summed E-state index contributed by atoms with van der Waals surface area (Å²) in [6, 6.07) is 0.762. The summed E-state index contributed by atoms with van der Waals surface area (Å²) < 4.78 is 0. The molecule has 0 spiro atoms. The van der Waals surface area contributed by atoms with Gasteiger partial charge in [0.1, 0.15) is 0 Å². The summed E-state index contributed by atoms with van der Waals surface area (Å²) in [6.07, 6.45) is 6.11. The molecule has 4 bridgehead atoms. The molecular formula is C17H26N2O3. The van der Waals surface area contributed by atoms with E-state index in [0.717, 1.165) is 38.8 Å². The average molecular weight is 306 g/mol. The lowest BCUT2D eigenvalue weighted by Gasteiger charge is -2.59. The Morgan fingerprint density at radius 3 is 2.50 bits per heavy atom. The van der Waals surface area contributed by atoms with Crippen LogP contribution in [-0.4, -0.2) is 63.4 Å². The molecule has 4 aliphatic carbocycles. The number of carbonyl (C=O) groups excluding carboxylic acids is 1. The smallest absolute Gasteiger partial charge is 0.320 e. The van der Waals surface area contributed by atoms with Gasteiger partial charge in [-0.05, 0) is 56.3 Å². The van der Waals surface area contributed by atoms with Crippen molar-refractivity contribution in [3.8, 4) is 0 Å². The molecule has 6 rings (SSSR count). The number of fused-ring (bicyclic) bond motifs is 1. The van der Waals surface area contributed by atoms with Crippen molar-refractivity contribution in [1.29, 1.82) is 0 Å². The van der Waals surface area contributed by atoms with E-state index in [1.807, 2.05) is 4.90 Å². The van der Waals surface area contributed by atoms with E-state index >= 15 is 0 Å². The molecule has 2 aliphatic heterocycles. The van der Waals surface area contributed by atoms with Crippen LogP contribution < -0.4 is 0 Å². The highest BCUT2D eigenvalue weighted by Gasteiger charge is 2.59. The summed E-state index contributed by atoms with van der Waals surface area (Å²) in [7, 11) is 0. The van der Waals surface area contributed by atoms with Gasteiger partial charge in [0, 0.05) is 31.7 Å². The third-order valence-electron chi connectivity index (χ3n) is 7.35. The zero-order valence-corrected chi connectivity index (χ0v) is 13.0. The predicted molar refractivity (Wildman–Crippen MR) is 80.1 cm³/mol. The second-order valence-corrected chi connectivity index (χ2v) is 8.61. The van der Waals surface area contributed by atoms with Crippen molar-refractivity contribution in [2.24, 2.45) is 23.7 Å². The molecule has 0 aromatic rings. The minimum absolute atomic E-state index is 0.196. The Labute approximate surface area is 131 Å². The number of nitrogens with zero attached hydrogens (tertiary/aromatic N) is 2. The summed E-state index contributed by atoms with van der Waals surface area (Å²) in [5.41, 5.74) is -0.431. The average Bonchev–Trinajstić information content (AvgIpc) is 2.98. The molecule has 0 aromatic carbocycles. The number of amides is 2. The van der Waals surface area contributed by atoms with Crippen molar-refractivity contribution in [2.45, 2.75) is 56.2 Å². The van der Waals surface area contributed by atoms with Crippen molar-refractivity contribution < 1.29 is 15.0 Å². The first-order valence-corrected chi connectivity index (χ1v) is 8.98. The third kappa shape index (κ3) is 1.70. The normalized spacial score (nSPS) is 52.7. The molecule has 2 unspecified atom stereocenters. The quantitative estimate of drug-likeness (QED) is 0.801.